The molecule has 0 saturated carbocycles. The van der Waals surface area contributed by atoms with Gasteiger partial charge in [0, 0.05) is 0 Å². The van der Waals surface area contributed by atoms with E-state index in [4.69, 9.17) is 0 Å². The third-order valence-electron chi connectivity index (χ3n) is 5.54. The summed E-state index contributed by atoms with van der Waals surface area (Å²) in [6.45, 7) is 5.85. The van der Waals surface area contributed by atoms with E-state index in [0.717, 1.165) is 34.5 Å². The van der Waals surface area contributed by atoms with Crippen LogP contribution in [0.15, 0.2) is 42.5 Å². The molecule has 0 saturated heterocycles. The van der Waals surface area contributed by atoms with Crippen molar-refractivity contribution in [2.45, 2.75) is 52.0 Å². The Kier molecular flexibility index (Phi) is 6.32. The van der Waals surface area contributed by atoms with Gasteiger partial charge in [0.15, 0.2) is 0 Å². The van der Waals surface area contributed by atoms with E-state index in [2.05, 4.69) is 31.3 Å². The lowest BCUT2D eigenvalue weighted by atomic mass is 10.0. The molecule has 29 heavy (non-hydrogen) atoms. The van der Waals surface area contributed by atoms with Crippen molar-refractivity contribution in [3.8, 4) is 0 Å². The van der Waals surface area contributed by atoms with Gasteiger partial charge in [-0.25, -0.2) is 8.42 Å². The summed E-state index contributed by atoms with van der Waals surface area (Å²) in [7, 11) is -3.58. The molecule has 1 atom stereocenters. The van der Waals surface area contributed by atoms with E-state index in [-0.39, 0.29) is 18.5 Å². The summed E-state index contributed by atoms with van der Waals surface area (Å²) in [5, 5.41) is 2.94. The van der Waals surface area contributed by atoms with E-state index < -0.39 is 10.0 Å². The Labute approximate surface area is 174 Å². The van der Waals surface area contributed by atoms with Crippen molar-refractivity contribution in [1.29, 1.82) is 0 Å². The minimum absolute atomic E-state index is 0.182. The summed E-state index contributed by atoms with van der Waals surface area (Å²) in [5.41, 5.74) is 5.41. The first-order valence-electron chi connectivity index (χ1n) is 10.1. The van der Waals surface area contributed by atoms with Crippen LogP contribution in [0.5, 0.6) is 0 Å². The third kappa shape index (κ3) is 5.18. The smallest absolute Gasteiger partial charge is 0.241 e. The number of carbonyl (C=O) groups is 1. The van der Waals surface area contributed by atoms with Gasteiger partial charge in [0.05, 0.1) is 18.0 Å². The second kappa shape index (κ2) is 8.57. The highest BCUT2D eigenvalue weighted by Crippen LogP contribution is 2.26. The first-order chi connectivity index (χ1) is 13.6. The van der Waals surface area contributed by atoms with Crippen LogP contribution in [0.2, 0.25) is 0 Å². The first-order valence-corrected chi connectivity index (χ1v) is 12.0. The molecule has 1 N–H and O–H groups in total. The van der Waals surface area contributed by atoms with Crippen LogP contribution < -0.4 is 9.62 Å². The van der Waals surface area contributed by atoms with Gasteiger partial charge in [-0.3, -0.25) is 9.10 Å². The Morgan fingerprint density at radius 1 is 1.00 bits per heavy atom. The van der Waals surface area contributed by atoms with E-state index in [9.17, 15) is 13.2 Å². The average Bonchev–Trinajstić information content (AvgIpc) is 3.13. The number of anilines is 1. The maximum Gasteiger partial charge on any atom is 0.241 e. The highest BCUT2D eigenvalue weighted by molar-refractivity contribution is 7.92. The zero-order valence-corrected chi connectivity index (χ0v) is 18.4. The molecule has 0 unspecified atom stereocenters. The van der Waals surface area contributed by atoms with Crippen LogP contribution in [0.4, 0.5) is 5.69 Å². The number of carbonyl (C=O) groups excluding carboxylic acids is 1. The number of hydrogen-bond donors (Lipinski definition) is 1. The van der Waals surface area contributed by atoms with Gasteiger partial charge in [-0.2, -0.15) is 0 Å². The van der Waals surface area contributed by atoms with E-state index in [1.54, 1.807) is 12.1 Å². The average molecular weight is 415 g/mol. The first kappa shape index (κ1) is 21.4. The molecule has 0 spiro atoms. The van der Waals surface area contributed by atoms with Gasteiger partial charge in [0.1, 0.15) is 6.54 Å². The molecule has 5 nitrogen and oxygen atoms in total. The maximum absolute atomic E-state index is 12.6. The number of fused-ring (bicyclic) bond motifs is 1. The SMILES string of the molecule is CC(C)c1ccc(N(CC(=O)N[C@@H](C)c2ccc3c(c2)CCC3)S(C)(=O)=O)cc1. The fraction of sp³-hybridized carbons (Fsp3) is 0.435. The topological polar surface area (TPSA) is 66.5 Å². The predicted octanol–water partition coefficient (Wildman–Crippen LogP) is 3.94. The van der Waals surface area contributed by atoms with Crippen molar-refractivity contribution >= 4 is 21.6 Å². The van der Waals surface area contributed by atoms with Crippen LogP contribution in [-0.2, 0) is 27.7 Å². The third-order valence-corrected chi connectivity index (χ3v) is 6.68. The number of amides is 1. The molecule has 6 heteroatoms. The van der Waals surface area contributed by atoms with Gasteiger partial charge in [-0.1, -0.05) is 44.2 Å². The second-order valence-corrected chi connectivity index (χ2v) is 10.1. The van der Waals surface area contributed by atoms with Crippen LogP contribution in [-0.4, -0.2) is 27.1 Å². The number of nitrogens with zero attached hydrogens (tertiary/aromatic N) is 1. The van der Waals surface area contributed by atoms with Gasteiger partial charge < -0.3 is 5.32 Å². The Morgan fingerprint density at radius 3 is 2.24 bits per heavy atom. The number of nitrogens with one attached hydrogen (secondary N) is 1. The van der Waals surface area contributed by atoms with Crippen molar-refractivity contribution in [1.82, 2.24) is 5.32 Å². The minimum Gasteiger partial charge on any atom is -0.348 e. The van der Waals surface area contributed by atoms with Gasteiger partial charge in [0.25, 0.3) is 0 Å². The molecule has 2 aromatic carbocycles. The molecule has 0 heterocycles. The van der Waals surface area contributed by atoms with Crippen LogP contribution in [0, 0.1) is 0 Å². The number of rotatable bonds is 7. The summed E-state index contributed by atoms with van der Waals surface area (Å²) in [6.07, 6.45) is 4.51. The summed E-state index contributed by atoms with van der Waals surface area (Å²) in [5.74, 6) is 0.0311. The van der Waals surface area contributed by atoms with Crippen LogP contribution in [0.3, 0.4) is 0 Å². The largest absolute Gasteiger partial charge is 0.348 e. The minimum atomic E-state index is -3.58. The predicted molar refractivity (Wildman–Crippen MR) is 118 cm³/mol. The van der Waals surface area contributed by atoms with Crippen LogP contribution in [0.1, 0.15) is 61.4 Å². The lowest BCUT2D eigenvalue weighted by Gasteiger charge is -2.24. The molecule has 3 rings (SSSR count). The molecule has 1 aliphatic carbocycles. The Morgan fingerprint density at radius 2 is 1.62 bits per heavy atom. The van der Waals surface area contributed by atoms with Crippen molar-refractivity contribution in [3.05, 3.63) is 64.7 Å². The highest BCUT2D eigenvalue weighted by atomic mass is 32.2. The molecule has 0 aromatic heterocycles. The molecule has 2 aromatic rings. The zero-order chi connectivity index (χ0) is 21.2. The highest BCUT2D eigenvalue weighted by Gasteiger charge is 2.22. The van der Waals surface area contributed by atoms with E-state index in [0.29, 0.717) is 11.6 Å². The lowest BCUT2D eigenvalue weighted by Crippen LogP contribution is -2.41. The number of benzene rings is 2. The van der Waals surface area contributed by atoms with Gasteiger partial charge in [-0.05, 0) is 66.5 Å². The molecule has 156 valence electrons. The van der Waals surface area contributed by atoms with Gasteiger partial charge in [0.2, 0.25) is 15.9 Å². The molecule has 1 amide bonds. The zero-order valence-electron chi connectivity index (χ0n) is 17.6. The Balaban J connectivity index is 1.71. The Hall–Kier alpha value is -2.34. The van der Waals surface area contributed by atoms with Crippen molar-refractivity contribution in [2.75, 3.05) is 17.1 Å². The van der Waals surface area contributed by atoms with Gasteiger partial charge in [-0.15, -0.1) is 0 Å². The molecular weight excluding hydrogens is 384 g/mol. The van der Waals surface area contributed by atoms with E-state index >= 15 is 0 Å². The van der Waals surface area contributed by atoms with Crippen molar-refractivity contribution < 1.29 is 13.2 Å². The normalized spacial score (nSPS) is 14.5. The number of hydrogen-bond acceptors (Lipinski definition) is 3. The fourth-order valence-corrected chi connectivity index (χ4v) is 4.64. The summed E-state index contributed by atoms with van der Waals surface area (Å²) < 4.78 is 25.8. The number of aryl methyl sites for hydroxylation is 2. The summed E-state index contributed by atoms with van der Waals surface area (Å²) >= 11 is 0. The van der Waals surface area contributed by atoms with Crippen molar-refractivity contribution in [2.24, 2.45) is 0 Å². The fourth-order valence-electron chi connectivity index (χ4n) is 3.79. The monoisotopic (exact) mass is 414 g/mol. The second-order valence-electron chi connectivity index (χ2n) is 8.19. The van der Waals surface area contributed by atoms with E-state index in [1.807, 2.05) is 25.1 Å². The standard InChI is InChI=1S/C23H30N2O3S/c1-16(2)18-10-12-22(13-11-18)25(29(4,27)28)15-23(26)24-17(3)20-9-8-19-6-5-7-21(19)14-20/h8-14,16-17H,5-7,15H2,1-4H3,(H,24,26)/t17-/m0/s1. The summed E-state index contributed by atoms with van der Waals surface area (Å²) in [4.78, 5) is 12.6. The van der Waals surface area contributed by atoms with Crippen LogP contribution >= 0.6 is 0 Å². The van der Waals surface area contributed by atoms with Crippen molar-refractivity contribution in [3.63, 3.8) is 0 Å². The molecule has 0 fully saturated rings. The number of sulfonamides is 1. The molecule has 0 radical (unpaired) electrons. The summed E-state index contributed by atoms with van der Waals surface area (Å²) in [6, 6.07) is 13.5. The molecular formula is C23H30N2O3S. The van der Waals surface area contributed by atoms with E-state index in [1.165, 1.54) is 17.5 Å². The molecule has 0 bridgehead atoms. The lowest BCUT2D eigenvalue weighted by molar-refractivity contribution is -0.120. The van der Waals surface area contributed by atoms with Crippen LogP contribution in [0.25, 0.3) is 0 Å². The quantitative estimate of drug-likeness (QED) is 0.746. The maximum atomic E-state index is 12.6. The molecule has 0 aliphatic heterocycles. The molecule has 1 aliphatic rings. The van der Waals surface area contributed by atoms with Gasteiger partial charge >= 0.3 is 0 Å². The Bertz CT molecular complexity index is 982.